The maximum Gasteiger partial charge on any atom is 0.0491 e. The summed E-state index contributed by atoms with van der Waals surface area (Å²) in [6, 6.07) is 0. The molecule has 0 radical (unpaired) electrons. The number of unbranched alkanes of at least 4 members (excludes halogenated alkanes) is 1. The molecular weight excluding hydrogens is 222 g/mol. The van der Waals surface area contributed by atoms with E-state index < -0.39 is 0 Å². The van der Waals surface area contributed by atoms with Crippen LogP contribution in [0, 0.1) is 17.8 Å². The van der Waals surface area contributed by atoms with Gasteiger partial charge in [-0.05, 0) is 43.6 Å². The summed E-state index contributed by atoms with van der Waals surface area (Å²) in [4.78, 5) is 0. The van der Waals surface area contributed by atoms with Crippen molar-refractivity contribution in [3.8, 4) is 0 Å². The summed E-state index contributed by atoms with van der Waals surface area (Å²) >= 11 is 0. The first-order valence-corrected chi connectivity index (χ1v) is 7.87. The fourth-order valence-corrected chi connectivity index (χ4v) is 2.68. The molecule has 0 rings (SSSR count). The van der Waals surface area contributed by atoms with Crippen LogP contribution in [0.3, 0.4) is 0 Å². The summed E-state index contributed by atoms with van der Waals surface area (Å²) in [6.45, 7) is 11.8. The average Bonchev–Trinajstić information content (AvgIpc) is 2.31. The minimum absolute atomic E-state index is 0.677. The molecule has 2 nitrogen and oxygen atoms in total. The Kier molecular flexibility index (Phi) is 11.9. The van der Waals surface area contributed by atoms with Crippen LogP contribution in [-0.2, 0) is 4.74 Å². The molecule has 0 aromatic rings. The lowest BCUT2D eigenvalue weighted by Crippen LogP contribution is -2.14. The molecule has 18 heavy (non-hydrogen) atoms. The molecule has 0 heterocycles. The van der Waals surface area contributed by atoms with E-state index in [9.17, 15) is 0 Å². The molecule has 110 valence electrons. The Morgan fingerprint density at radius 1 is 0.944 bits per heavy atom. The van der Waals surface area contributed by atoms with E-state index in [-0.39, 0.29) is 0 Å². The van der Waals surface area contributed by atoms with Crippen LogP contribution in [-0.4, -0.2) is 19.8 Å². The summed E-state index contributed by atoms with van der Waals surface area (Å²) in [5, 5.41) is 0. The smallest absolute Gasteiger partial charge is 0.0491 e. The summed E-state index contributed by atoms with van der Waals surface area (Å²) < 4.78 is 5.63. The van der Waals surface area contributed by atoms with Crippen molar-refractivity contribution in [1.29, 1.82) is 0 Å². The first-order valence-electron chi connectivity index (χ1n) is 7.87. The molecule has 0 spiro atoms. The third kappa shape index (κ3) is 11.0. The Balaban J connectivity index is 3.56. The van der Waals surface area contributed by atoms with Gasteiger partial charge in [0.15, 0.2) is 0 Å². The van der Waals surface area contributed by atoms with Gasteiger partial charge in [0.1, 0.15) is 0 Å². The molecule has 0 amide bonds. The molecular formula is C16H35NO. The highest BCUT2D eigenvalue weighted by molar-refractivity contribution is 4.63. The van der Waals surface area contributed by atoms with Gasteiger partial charge < -0.3 is 10.5 Å². The van der Waals surface area contributed by atoms with E-state index >= 15 is 0 Å². The van der Waals surface area contributed by atoms with Crippen LogP contribution in [0.4, 0.5) is 0 Å². The van der Waals surface area contributed by atoms with Gasteiger partial charge in [0, 0.05) is 13.2 Å². The second-order valence-corrected chi connectivity index (χ2v) is 6.15. The Morgan fingerprint density at radius 2 is 1.61 bits per heavy atom. The quantitative estimate of drug-likeness (QED) is 0.531. The fraction of sp³-hybridized carbons (Fsp3) is 1.00. The molecule has 0 aromatic carbocycles. The van der Waals surface area contributed by atoms with Crippen LogP contribution in [0.2, 0.25) is 0 Å². The SMILES string of the molecule is CCCCC(C)CC(C)CC(C)COCCCN. The number of ether oxygens (including phenoxy) is 1. The van der Waals surface area contributed by atoms with E-state index in [2.05, 4.69) is 27.7 Å². The summed E-state index contributed by atoms with van der Waals surface area (Å²) in [7, 11) is 0. The molecule has 0 saturated heterocycles. The van der Waals surface area contributed by atoms with Crippen LogP contribution < -0.4 is 5.73 Å². The summed E-state index contributed by atoms with van der Waals surface area (Å²) in [5.41, 5.74) is 5.44. The number of hydrogen-bond acceptors (Lipinski definition) is 2. The van der Waals surface area contributed by atoms with Crippen molar-refractivity contribution in [2.75, 3.05) is 19.8 Å². The Hall–Kier alpha value is -0.0800. The van der Waals surface area contributed by atoms with Crippen molar-refractivity contribution in [3.63, 3.8) is 0 Å². The van der Waals surface area contributed by atoms with Gasteiger partial charge >= 0.3 is 0 Å². The van der Waals surface area contributed by atoms with E-state index in [4.69, 9.17) is 10.5 Å². The molecule has 0 aliphatic carbocycles. The van der Waals surface area contributed by atoms with Gasteiger partial charge in [-0.15, -0.1) is 0 Å². The second kappa shape index (κ2) is 12.0. The maximum atomic E-state index is 5.63. The zero-order chi connectivity index (χ0) is 13.8. The van der Waals surface area contributed by atoms with Crippen LogP contribution in [0.25, 0.3) is 0 Å². The normalized spacial score (nSPS) is 16.5. The lowest BCUT2D eigenvalue weighted by molar-refractivity contribution is 0.0945. The molecule has 0 aliphatic heterocycles. The van der Waals surface area contributed by atoms with Crippen LogP contribution in [0.15, 0.2) is 0 Å². The largest absolute Gasteiger partial charge is 0.381 e. The highest BCUT2D eigenvalue weighted by atomic mass is 16.5. The third-order valence-electron chi connectivity index (χ3n) is 3.56. The number of rotatable bonds is 12. The van der Waals surface area contributed by atoms with E-state index in [0.29, 0.717) is 5.92 Å². The first kappa shape index (κ1) is 17.9. The lowest BCUT2D eigenvalue weighted by atomic mass is 9.88. The molecule has 2 heteroatoms. The van der Waals surface area contributed by atoms with Crippen molar-refractivity contribution in [3.05, 3.63) is 0 Å². The molecule has 0 saturated carbocycles. The van der Waals surface area contributed by atoms with Crippen LogP contribution in [0.5, 0.6) is 0 Å². The first-order chi connectivity index (χ1) is 8.60. The van der Waals surface area contributed by atoms with Gasteiger partial charge in [0.2, 0.25) is 0 Å². The highest BCUT2D eigenvalue weighted by Gasteiger charge is 2.12. The Bertz CT molecular complexity index is 172. The van der Waals surface area contributed by atoms with Crippen molar-refractivity contribution >= 4 is 0 Å². The second-order valence-electron chi connectivity index (χ2n) is 6.15. The monoisotopic (exact) mass is 257 g/mol. The predicted octanol–water partition coefficient (Wildman–Crippen LogP) is 4.23. The Labute approximate surface area is 115 Å². The minimum Gasteiger partial charge on any atom is -0.381 e. The summed E-state index contributed by atoms with van der Waals surface area (Å²) in [5.74, 6) is 2.38. The van der Waals surface area contributed by atoms with Crippen LogP contribution in [0.1, 0.15) is 66.2 Å². The maximum absolute atomic E-state index is 5.63. The number of hydrogen-bond donors (Lipinski definition) is 1. The van der Waals surface area contributed by atoms with Gasteiger partial charge in [0.05, 0.1) is 0 Å². The zero-order valence-corrected chi connectivity index (χ0v) is 13.1. The van der Waals surface area contributed by atoms with Gasteiger partial charge in [-0.2, -0.15) is 0 Å². The van der Waals surface area contributed by atoms with Gasteiger partial charge in [0.25, 0.3) is 0 Å². The van der Waals surface area contributed by atoms with E-state index in [1.165, 1.54) is 32.1 Å². The topological polar surface area (TPSA) is 35.2 Å². The highest BCUT2D eigenvalue weighted by Crippen LogP contribution is 2.23. The van der Waals surface area contributed by atoms with E-state index in [1.807, 2.05) is 0 Å². The third-order valence-corrected chi connectivity index (χ3v) is 3.56. The predicted molar refractivity (Wildman–Crippen MR) is 80.7 cm³/mol. The standard InChI is InChI=1S/C16H35NO/c1-5-6-8-14(2)11-15(3)12-16(4)13-18-10-7-9-17/h14-16H,5-13,17H2,1-4H3. The molecule has 3 unspecified atom stereocenters. The zero-order valence-electron chi connectivity index (χ0n) is 13.1. The molecule has 0 bridgehead atoms. The molecule has 2 N–H and O–H groups in total. The van der Waals surface area contributed by atoms with Crippen LogP contribution >= 0.6 is 0 Å². The molecule has 0 fully saturated rings. The van der Waals surface area contributed by atoms with E-state index in [0.717, 1.165) is 38.0 Å². The average molecular weight is 257 g/mol. The van der Waals surface area contributed by atoms with Crippen molar-refractivity contribution in [2.24, 2.45) is 23.5 Å². The van der Waals surface area contributed by atoms with Crippen molar-refractivity contribution < 1.29 is 4.74 Å². The van der Waals surface area contributed by atoms with Crippen molar-refractivity contribution in [2.45, 2.75) is 66.2 Å². The molecule has 0 aromatic heterocycles. The lowest BCUT2D eigenvalue weighted by Gasteiger charge is -2.20. The van der Waals surface area contributed by atoms with E-state index in [1.54, 1.807) is 0 Å². The number of nitrogens with two attached hydrogens (primary N) is 1. The summed E-state index contributed by atoms with van der Waals surface area (Å²) in [6.07, 6.45) is 7.74. The Morgan fingerprint density at radius 3 is 2.22 bits per heavy atom. The molecule has 0 aliphatic rings. The van der Waals surface area contributed by atoms with Gasteiger partial charge in [-0.25, -0.2) is 0 Å². The minimum atomic E-state index is 0.677. The van der Waals surface area contributed by atoms with Crippen molar-refractivity contribution in [1.82, 2.24) is 0 Å². The molecule has 3 atom stereocenters. The van der Waals surface area contributed by atoms with Gasteiger partial charge in [-0.3, -0.25) is 0 Å². The van der Waals surface area contributed by atoms with Gasteiger partial charge in [-0.1, -0.05) is 47.0 Å². The fourth-order valence-electron chi connectivity index (χ4n) is 2.68.